The molecule has 0 radical (unpaired) electrons. The molecule has 0 spiro atoms. The van der Waals surface area contributed by atoms with Crippen molar-refractivity contribution in [1.29, 1.82) is 0 Å². The molecule has 0 fully saturated rings. The Balaban J connectivity index is 1.49. The number of rotatable bonds is 6. The highest BCUT2D eigenvalue weighted by atomic mass is 35.5. The molecule has 0 saturated carbocycles. The Hall–Kier alpha value is -3.16. The monoisotopic (exact) mass is 471 g/mol. The number of hydrogen-bond acceptors (Lipinski definition) is 3. The summed E-state index contributed by atoms with van der Waals surface area (Å²) in [5, 5.41) is 12.0. The van der Waals surface area contributed by atoms with E-state index in [9.17, 15) is 9.18 Å². The van der Waals surface area contributed by atoms with Crippen molar-refractivity contribution in [3.05, 3.63) is 98.7 Å². The quantitative estimate of drug-likeness (QED) is 0.404. The molecule has 1 amide bonds. The van der Waals surface area contributed by atoms with E-state index in [0.29, 0.717) is 22.7 Å². The minimum atomic E-state index is -0.436. The zero-order chi connectivity index (χ0) is 22.8. The average Bonchev–Trinajstić information content (AvgIpc) is 3.25. The van der Waals surface area contributed by atoms with Gasteiger partial charge < -0.3 is 5.32 Å². The van der Waals surface area contributed by atoms with Crippen LogP contribution >= 0.6 is 23.2 Å². The first-order chi connectivity index (χ1) is 15.3. The van der Waals surface area contributed by atoms with Crippen LogP contribution in [0.5, 0.6) is 0 Å². The van der Waals surface area contributed by atoms with Gasteiger partial charge in [-0.15, -0.1) is 0 Å². The van der Waals surface area contributed by atoms with E-state index in [0.717, 1.165) is 17.0 Å². The third-order valence-corrected chi connectivity index (χ3v) is 5.59. The van der Waals surface area contributed by atoms with Gasteiger partial charge >= 0.3 is 0 Å². The lowest BCUT2D eigenvalue weighted by Crippen LogP contribution is -2.14. The minimum absolute atomic E-state index is 0.0826. The smallest absolute Gasteiger partial charge is 0.256 e. The Morgan fingerprint density at radius 2 is 1.81 bits per heavy atom. The first-order valence-electron chi connectivity index (χ1n) is 9.87. The Labute approximate surface area is 194 Å². The van der Waals surface area contributed by atoms with Crippen LogP contribution in [0.25, 0.3) is 0 Å². The number of carbonyl (C=O) groups is 1. The molecule has 0 saturated heterocycles. The normalized spacial score (nSPS) is 11.0. The fourth-order valence-electron chi connectivity index (χ4n) is 3.41. The second-order valence-corrected chi connectivity index (χ2v) is 8.28. The van der Waals surface area contributed by atoms with Crippen LogP contribution in [0.15, 0.2) is 54.7 Å². The van der Waals surface area contributed by atoms with E-state index in [-0.39, 0.29) is 23.3 Å². The largest absolute Gasteiger partial charge is 0.304 e. The maximum Gasteiger partial charge on any atom is 0.256 e. The van der Waals surface area contributed by atoms with Crippen LogP contribution in [0.4, 0.5) is 10.2 Å². The summed E-state index contributed by atoms with van der Waals surface area (Å²) in [5.74, 6) is -0.599. The summed E-state index contributed by atoms with van der Waals surface area (Å²) in [6, 6.07) is 13.7. The molecule has 0 bridgehead atoms. The third kappa shape index (κ3) is 4.84. The topological polar surface area (TPSA) is 64.7 Å². The third-order valence-electron chi connectivity index (χ3n) is 4.96. The molecule has 2 aromatic carbocycles. The van der Waals surface area contributed by atoms with Crippen molar-refractivity contribution in [1.82, 2.24) is 19.6 Å². The molecule has 1 N–H and O–H groups in total. The molecule has 0 aliphatic carbocycles. The lowest BCUT2D eigenvalue weighted by molar-refractivity contribution is 0.102. The van der Waals surface area contributed by atoms with Crippen molar-refractivity contribution in [2.75, 3.05) is 5.32 Å². The molecule has 164 valence electrons. The maximum atomic E-state index is 14.1. The lowest BCUT2D eigenvalue weighted by Gasteiger charge is -2.08. The molecular formula is C23H20Cl2FN5O. The van der Waals surface area contributed by atoms with Gasteiger partial charge in [-0.05, 0) is 49.7 Å². The molecule has 2 aromatic heterocycles. The lowest BCUT2D eigenvalue weighted by atomic mass is 10.1. The van der Waals surface area contributed by atoms with Crippen molar-refractivity contribution in [2.45, 2.75) is 26.9 Å². The van der Waals surface area contributed by atoms with E-state index in [2.05, 4.69) is 15.5 Å². The first kappa shape index (κ1) is 22.0. The Morgan fingerprint density at radius 3 is 2.53 bits per heavy atom. The van der Waals surface area contributed by atoms with Crippen LogP contribution in [-0.4, -0.2) is 25.5 Å². The van der Waals surface area contributed by atoms with E-state index in [1.807, 2.05) is 36.7 Å². The van der Waals surface area contributed by atoms with E-state index < -0.39 is 5.82 Å². The maximum absolute atomic E-state index is 14.1. The SMILES string of the molecule is Cc1cc(C)n(Cc2cccc(C(=O)Nc3nn(Cc4c(F)cccc4Cl)cc3Cl)c2)n1. The minimum Gasteiger partial charge on any atom is -0.304 e. The van der Waals surface area contributed by atoms with Crippen LogP contribution in [0.3, 0.4) is 0 Å². The Morgan fingerprint density at radius 1 is 1.03 bits per heavy atom. The number of carbonyl (C=O) groups excluding carboxylic acids is 1. The highest BCUT2D eigenvalue weighted by molar-refractivity contribution is 6.33. The summed E-state index contributed by atoms with van der Waals surface area (Å²) in [7, 11) is 0. The predicted octanol–water partition coefficient (Wildman–Crippen LogP) is 5.49. The van der Waals surface area contributed by atoms with Crippen molar-refractivity contribution in [3.8, 4) is 0 Å². The van der Waals surface area contributed by atoms with Crippen molar-refractivity contribution < 1.29 is 9.18 Å². The Kier molecular flexibility index (Phi) is 6.30. The number of amides is 1. The molecule has 2 heterocycles. The van der Waals surface area contributed by atoms with Gasteiger partial charge in [-0.1, -0.05) is 41.4 Å². The number of aryl methyl sites for hydroxylation is 2. The van der Waals surface area contributed by atoms with Crippen LogP contribution in [-0.2, 0) is 13.1 Å². The molecular weight excluding hydrogens is 452 g/mol. The van der Waals surface area contributed by atoms with Gasteiger partial charge in [0.25, 0.3) is 5.91 Å². The fourth-order valence-corrected chi connectivity index (χ4v) is 3.83. The van der Waals surface area contributed by atoms with Gasteiger partial charge in [0, 0.05) is 28.0 Å². The second kappa shape index (κ2) is 9.14. The number of aromatic nitrogens is 4. The Bertz CT molecular complexity index is 1280. The molecule has 4 rings (SSSR count). The van der Waals surface area contributed by atoms with Gasteiger partial charge in [-0.25, -0.2) is 4.39 Å². The second-order valence-electron chi connectivity index (χ2n) is 7.46. The standard InChI is InChI=1S/C23H20Cl2FN5O/c1-14-9-15(2)31(28-14)11-16-5-3-6-17(10-16)23(32)27-22-20(25)13-30(29-22)12-18-19(24)7-4-8-21(18)26/h3-10,13H,11-12H2,1-2H3,(H,27,29,32). The predicted molar refractivity (Wildman–Crippen MR) is 123 cm³/mol. The number of anilines is 1. The molecule has 0 aliphatic heterocycles. The van der Waals surface area contributed by atoms with E-state index >= 15 is 0 Å². The molecule has 9 heteroatoms. The van der Waals surface area contributed by atoms with E-state index in [1.54, 1.807) is 18.2 Å². The highest BCUT2D eigenvalue weighted by Gasteiger charge is 2.15. The van der Waals surface area contributed by atoms with Crippen LogP contribution in [0, 0.1) is 19.7 Å². The van der Waals surface area contributed by atoms with Gasteiger partial charge in [-0.3, -0.25) is 14.2 Å². The van der Waals surface area contributed by atoms with Crippen LogP contribution in [0.1, 0.15) is 32.9 Å². The van der Waals surface area contributed by atoms with Crippen molar-refractivity contribution >= 4 is 34.9 Å². The number of nitrogens with one attached hydrogen (secondary N) is 1. The number of benzene rings is 2. The van der Waals surface area contributed by atoms with Gasteiger partial charge in [0.2, 0.25) is 0 Å². The van der Waals surface area contributed by atoms with E-state index in [4.69, 9.17) is 23.2 Å². The fraction of sp³-hybridized carbons (Fsp3) is 0.174. The van der Waals surface area contributed by atoms with Crippen LogP contribution in [0.2, 0.25) is 10.0 Å². The summed E-state index contributed by atoms with van der Waals surface area (Å²) >= 11 is 12.3. The molecule has 32 heavy (non-hydrogen) atoms. The molecule has 4 aromatic rings. The van der Waals surface area contributed by atoms with Gasteiger partial charge in [0.05, 0.1) is 18.8 Å². The number of halogens is 3. The molecule has 0 unspecified atom stereocenters. The van der Waals surface area contributed by atoms with Crippen molar-refractivity contribution in [2.24, 2.45) is 0 Å². The van der Waals surface area contributed by atoms with Gasteiger partial charge in [0.1, 0.15) is 10.8 Å². The van der Waals surface area contributed by atoms with E-state index in [1.165, 1.54) is 23.0 Å². The zero-order valence-electron chi connectivity index (χ0n) is 17.4. The average molecular weight is 472 g/mol. The molecule has 6 nitrogen and oxygen atoms in total. The summed E-state index contributed by atoms with van der Waals surface area (Å²) in [5.41, 5.74) is 3.69. The van der Waals surface area contributed by atoms with Gasteiger partial charge in [0.15, 0.2) is 5.82 Å². The number of nitrogens with zero attached hydrogens (tertiary/aromatic N) is 4. The van der Waals surface area contributed by atoms with Gasteiger partial charge in [-0.2, -0.15) is 10.2 Å². The summed E-state index contributed by atoms with van der Waals surface area (Å²) < 4.78 is 17.4. The number of hydrogen-bond donors (Lipinski definition) is 1. The summed E-state index contributed by atoms with van der Waals surface area (Å²) in [6.07, 6.45) is 1.51. The first-order valence-corrected chi connectivity index (χ1v) is 10.6. The summed E-state index contributed by atoms with van der Waals surface area (Å²) in [6.45, 7) is 4.57. The molecule has 0 aliphatic rings. The highest BCUT2D eigenvalue weighted by Crippen LogP contribution is 2.24. The summed E-state index contributed by atoms with van der Waals surface area (Å²) in [4.78, 5) is 12.8. The zero-order valence-corrected chi connectivity index (χ0v) is 19.0. The van der Waals surface area contributed by atoms with Crippen LogP contribution < -0.4 is 5.32 Å². The molecule has 0 atom stereocenters. The van der Waals surface area contributed by atoms with Crippen molar-refractivity contribution in [3.63, 3.8) is 0 Å².